The highest BCUT2D eigenvalue weighted by Gasteiger charge is 2.27. The van der Waals surface area contributed by atoms with Crippen LogP contribution in [0.15, 0.2) is 60.7 Å². The van der Waals surface area contributed by atoms with Crippen molar-refractivity contribution in [1.82, 2.24) is 14.5 Å². The second-order valence-corrected chi connectivity index (χ2v) is 10.1. The SMILES string of the molecule is Cc1ccc(-c2ccc(N3CCN(S(=O)(=O)CCc4ccccc4)CC3)nn2)c(C)c1. The Labute approximate surface area is 184 Å². The Morgan fingerprint density at radius 3 is 2.26 bits per heavy atom. The average molecular weight is 437 g/mol. The van der Waals surface area contributed by atoms with Crippen molar-refractivity contribution in [2.45, 2.75) is 20.3 Å². The fourth-order valence-corrected chi connectivity index (χ4v) is 5.43. The van der Waals surface area contributed by atoms with Crippen molar-refractivity contribution in [3.05, 3.63) is 77.4 Å². The normalized spacial score (nSPS) is 15.2. The van der Waals surface area contributed by atoms with Crippen LogP contribution in [0.2, 0.25) is 0 Å². The number of sulfonamides is 1. The Bertz CT molecular complexity index is 1120. The zero-order valence-corrected chi connectivity index (χ0v) is 18.8. The van der Waals surface area contributed by atoms with Crippen LogP contribution >= 0.6 is 0 Å². The minimum Gasteiger partial charge on any atom is -0.352 e. The highest BCUT2D eigenvalue weighted by molar-refractivity contribution is 7.89. The molecule has 31 heavy (non-hydrogen) atoms. The number of nitrogens with zero attached hydrogens (tertiary/aromatic N) is 4. The van der Waals surface area contributed by atoms with E-state index in [4.69, 9.17) is 0 Å². The minimum absolute atomic E-state index is 0.140. The molecule has 0 amide bonds. The molecule has 6 nitrogen and oxygen atoms in total. The van der Waals surface area contributed by atoms with Crippen molar-refractivity contribution in [2.24, 2.45) is 0 Å². The van der Waals surface area contributed by atoms with Crippen molar-refractivity contribution in [3.63, 3.8) is 0 Å². The third kappa shape index (κ3) is 5.11. The van der Waals surface area contributed by atoms with Crippen molar-refractivity contribution in [2.75, 3.05) is 36.8 Å². The number of hydrogen-bond acceptors (Lipinski definition) is 5. The van der Waals surface area contributed by atoms with E-state index in [1.807, 2.05) is 42.5 Å². The molecule has 1 aliphatic rings. The summed E-state index contributed by atoms with van der Waals surface area (Å²) < 4.78 is 27.1. The molecule has 3 aromatic rings. The van der Waals surface area contributed by atoms with Gasteiger partial charge in [0.15, 0.2) is 5.82 Å². The van der Waals surface area contributed by atoms with Gasteiger partial charge in [-0.2, -0.15) is 4.31 Å². The summed E-state index contributed by atoms with van der Waals surface area (Å²) >= 11 is 0. The molecule has 2 aromatic carbocycles. The maximum absolute atomic E-state index is 12.7. The van der Waals surface area contributed by atoms with E-state index in [9.17, 15) is 8.42 Å². The molecule has 1 fully saturated rings. The van der Waals surface area contributed by atoms with Gasteiger partial charge in [0, 0.05) is 31.7 Å². The molecule has 0 spiro atoms. The molecule has 162 valence electrons. The van der Waals surface area contributed by atoms with E-state index >= 15 is 0 Å². The number of rotatable bonds is 6. The quantitative estimate of drug-likeness (QED) is 0.592. The highest BCUT2D eigenvalue weighted by atomic mass is 32.2. The summed E-state index contributed by atoms with van der Waals surface area (Å²) in [5.41, 5.74) is 5.38. The Morgan fingerprint density at radius 1 is 0.871 bits per heavy atom. The van der Waals surface area contributed by atoms with Crippen molar-refractivity contribution < 1.29 is 8.42 Å². The molecular weight excluding hydrogens is 408 g/mol. The number of piperazine rings is 1. The van der Waals surface area contributed by atoms with Crippen LogP contribution in [0.3, 0.4) is 0 Å². The largest absolute Gasteiger partial charge is 0.352 e. The van der Waals surface area contributed by atoms with Crippen LogP contribution in [-0.2, 0) is 16.4 Å². The van der Waals surface area contributed by atoms with E-state index in [-0.39, 0.29) is 5.75 Å². The smallest absolute Gasteiger partial charge is 0.214 e. The minimum atomic E-state index is -3.27. The molecule has 1 aromatic heterocycles. The molecule has 0 radical (unpaired) electrons. The lowest BCUT2D eigenvalue weighted by Gasteiger charge is -2.34. The summed E-state index contributed by atoms with van der Waals surface area (Å²) in [4.78, 5) is 2.10. The summed E-state index contributed by atoms with van der Waals surface area (Å²) in [6, 6.07) is 20.0. The van der Waals surface area contributed by atoms with Gasteiger partial charge in [-0.25, -0.2) is 8.42 Å². The molecule has 0 aliphatic carbocycles. The Hall–Kier alpha value is -2.77. The van der Waals surface area contributed by atoms with Gasteiger partial charge < -0.3 is 4.90 Å². The monoisotopic (exact) mass is 436 g/mol. The summed E-state index contributed by atoms with van der Waals surface area (Å²) in [6.07, 6.45) is 0.536. The fourth-order valence-electron chi connectivity index (χ4n) is 3.95. The van der Waals surface area contributed by atoms with Crippen LogP contribution in [0.5, 0.6) is 0 Å². The third-order valence-corrected chi connectivity index (χ3v) is 7.63. The summed E-state index contributed by atoms with van der Waals surface area (Å²) in [5, 5.41) is 8.84. The third-order valence-electron chi connectivity index (χ3n) is 5.76. The summed E-state index contributed by atoms with van der Waals surface area (Å²) in [5.74, 6) is 0.927. The Balaban J connectivity index is 1.36. The first kappa shape index (κ1) is 21.5. The van der Waals surface area contributed by atoms with Gasteiger partial charge in [-0.05, 0) is 43.5 Å². The first-order valence-corrected chi connectivity index (χ1v) is 12.2. The average Bonchev–Trinajstić information content (AvgIpc) is 2.79. The Kier molecular flexibility index (Phi) is 6.34. The predicted molar refractivity (Wildman–Crippen MR) is 125 cm³/mol. The molecule has 2 heterocycles. The van der Waals surface area contributed by atoms with Gasteiger partial charge in [0.25, 0.3) is 0 Å². The van der Waals surface area contributed by atoms with Gasteiger partial charge in [0.05, 0.1) is 11.4 Å². The van der Waals surface area contributed by atoms with E-state index in [1.54, 1.807) is 4.31 Å². The molecule has 0 bridgehead atoms. The van der Waals surface area contributed by atoms with Gasteiger partial charge in [0.1, 0.15) is 0 Å². The highest BCUT2D eigenvalue weighted by Crippen LogP contribution is 2.24. The molecule has 1 aliphatic heterocycles. The Morgan fingerprint density at radius 2 is 1.61 bits per heavy atom. The number of anilines is 1. The van der Waals surface area contributed by atoms with Crippen LogP contribution in [0.1, 0.15) is 16.7 Å². The molecule has 7 heteroatoms. The first-order valence-electron chi connectivity index (χ1n) is 10.6. The lowest BCUT2D eigenvalue weighted by atomic mass is 10.0. The predicted octanol–water partition coefficient (Wildman–Crippen LogP) is 3.45. The maximum Gasteiger partial charge on any atom is 0.214 e. The van der Waals surface area contributed by atoms with E-state index in [2.05, 4.69) is 47.1 Å². The zero-order valence-electron chi connectivity index (χ0n) is 18.0. The fraction of sp³-hybridized carbons (Fsp3) is 0.333. The molecule has 4 rings (SSSR count). The molecule has 0 unspecified atom stereocenters. The van der Waals surface area contributed by atoms with E-state index in [0.717, 1.165) is 22.6 Å². The lowest BCUT2D eigenvalue weighted by Crippen LogP contribution is -2.49. The number of aromatic nitrogens is 2. The van der Waals surface area contributed by atoms with E-state index < -0.39 is 10.0 Å². The number of aryl methyl sites for hydroxylation is 3. The van der Waals surface area contributed by atoms with Crippen molar-refractivity contribution >= 4 is 15.8 Å². The van der Waals surface area contributed by atoms with Gasteiger partial charge in [-0.15, -0.1) is 10.2 Å². The van der Waals surface area contributed by atoms with E-state index in [1.165, 1.54) is 11.1 Å². The molecule has 0 N–H and O–H groups in total. The number of hydrogen-bond donors (Lipinski definition) is 0. The standard InChI is InChI=1S/C24H28N4O2S/c1-19-8-9-22(20(2)18-19)23-10-11-24(26-25-23)27-13-15-28(16-14-27)31(29,30)17-12-21-6-4-3-5-7-21/h3-11,18H,12-17H2,1-2H3. The lowest BCUT2D eigenvalue weighted by molar-refractivity contribution is 0.383. The van der Waals surface area contributed by atoms with Crippen molar-refractivity contribution in [1.29, 1.82) is 0 Å². The number of benzene rings is 2. The topological polar surface area (TPSA) is 66.4 Å². The summed E-state index contributed by atoms with van der Waals surface area (Å²) in [7, 11) is -3.27. The molecular formula is C24H28N4O2S. The van der Waals surface area contributed by atoms with Gasteiger partial charge in [-0.3, -0.25) is 0 Å². The van der Waals surface area contributed by atoms with Crippen LogP contribution in [-0.4, -0.2) is 54.9 Å². The molecule has 0 saturated carbocycles. The second kappa shape index (κ2) is 9.16. The van der Waals surface area contributed by atoms with Crippen LogP contribution in [0, 0.1) is 13.8 Å². The maximum atomic E-state index is 12.7. The van der Waals surface area contributed by atoms with Gasteiger partial charge in [0.2, 0.25) is 10.0 Å². The van der Waals surface area contributed by atoms with E-state index in [0.29, 0.717) is 32.6 Å². The van der Waals surface area contributed by atoms with Gasteiger partial charge in [-0.1, -0.05) is 54.1 Å². The second-order valence-electron chi connectivity index (χ2n) is 8.03. The first-order chi connectivity index (χ1) is 14.9. The molecule has 0 atom stereocenters. The van der Waals surface area contributed by atoms with Crippen LogP contribution < -0.4 is 4.90 Å². The van der Waals surface area contributed by atoms with Crippen LogP contribution in [0.25, 0.3) is 11.3 Å². The molecule has 1 saturated heterocycles. The summed E-state index contributed by atoms with van der Waals surface area (Å²) in [6.45, 7) is 6.32. The zero-order chi connectivity index (χ0) is 21.8. The van der Waals surface area contributed by atoms with Gasteiger partial charge >= 0.3 is 0 Å². The van der Waals surface area contributed by atoms with Crippen molar-refractivity contribution in [3.8, 4) is 11.3 Å². The van der Waals surface area contributed by atoms with Crippen LogP contribution in [0.4, 0.5) is 5.82 Å².